The van der Waals surface area contributed by atoms with Crippen LogP contribution in [0, 0.1) is 11.6 Å². The Labute approximate surface area is 182 Å². The highest BCUT2D eigenvalue weighted by Crippen LogP contribution is 2.39. The summed E-state index contributed by atoms with van der Waals surface area (Å²) in [6, 6.07) is 15.7. The number of rotatable bonds is 6. The van der Waals surface area contributed by atoms with Gasteiger partial charge in [-0.25, -0.2) is 13.8 Å². The minimum absolute atomic E-state index is 0.00875. The van der Waals surface area contributed by atoms with E-state index in [1.54, 1.807) is 24.3 Å². The molecule has 1 aliphatic rings. The van der Waals surface area contributed by atoms with Gasteiger partial charge in [-0.05, 0) is 41.7 Å². The van der Waals surface area contributed by atoms with E-state index in [9.17, 15) is 4.79 Å². The van der Waals surface area contributed by atoms with Crippen LogP contribution in [0.15, 0.2) is 59.0 Å². The van der Waals surface area contributed by atoms with E-state index in [1.165, 1.54) is 0 Å². The first-order valence-electron chi connectivity index (χ1n) is 10.4. The van der Waals surface area contributed by atoms with Gasteiger partial charge >= 0.3 is 5.97 Å². The van der Waals surface area contributed by atoms with E-state index < -0.39 is 17.6 Å². The molecule has 5 nitrogen and oxygen atoms in total. The fraction of sp³-hybridized carbons (Fsp3) is 0.200. The van der Waals surface area contributed by atoms with Crippen molar-refractivity contribution in [3.63, 3.8) is 0 Å². The summed E-state index contributed by atoms with van der Waals surface area (Å²) in [4.78, 5) is 15.2. The van der Waals surface area contributed by atoms with Crippen molar-refractivity contribution in [3.8, 4) is 22.6 Å². The lowest BCUT2D eigenvalue weighted by molar-refractivity contribution is -0.136. The fourth-order valence-corrected chi connectivity index (χ4v) is 4.31. The largest absolute Gasteiger partial charge is 0.481 e. The highest BCUT2D eigenvalue weighted by atomic mass is 19.1. The maximum Gasteiger partial charge on any atom is 0.304 e. The number of hydrogen-bond donors (Lipinski definition) is 2. The Balaban J connectivity index is 1.53. The van der Waals surface area contributed by atoms with Crippen molar-refractivity contribution < 1.29 is 23.1 Å². The first-order chi connectivity index (χ1) is 15.5. The standard InChI is InChI=1S/C25H20F2N2O3/c26-22-15(14-5-2-1-3-6-14)7-4-8-17(22)25-29-20-13-18-16(23(27)24(20)32-25)9-10-19(18)28-12-11-21(30)31/h1-8,13,19,28H,9-12H2,(H,30,31). The zero-order chi connectivity index (χ0) is 22.2. The monoisotopic (exact) mass is 434 g/mol. The van der Waals surface area contributed by atoms with E-state index in [4.69, 9.17) is 9.52 Å². The number of carboxylic acids is 1. The Kier molecular flexibility index (Phi) is 5.19. The summed E-state index contributed by atoms with van der Waals surface area (Å²) in [6.07, 6.45) is 1.16. The third-order valence-corrected chi connectivity index (χ3v) is 5.86. The molecule has 5 rings (SSSR count). The van der Waals surface area contributed by atoms with Gasteiger partial charge in [-0.2, -0.15) is 0 Å². The molecule has 32 heavy (non-hydrogen) atoms. The SMILES string of the molecule is O=C(O)CCNC1CCc2c1cc1nc(-c3cccc(-c4ccccc4)c3F)oc1c2F. The average Bonchev–Trinajstić information content (AvgIpc) is 3.39. The van der Waals surface area contributed by atoms with E-state index in [0.717, 1.165) is 11.1 Å². The maximum absolute atomic E-state index is 15.3. The van der Waals surface area contributed by atoms with Crippen molar-refractivity contribution >= 4 is 17.1 Å². The number of fused-ring (bicyclic) bond motifs is 2. The molecular formula is C25H20F2N2O3. The molecule has 1 atom stereocenters. The third-order valence-electron chi connectivity index (χ3n) is 5.86. The molecular weight excluding hydrogens is 414 g/mol. The zero-order valence-electron chi connectivity index (χ0n) is 17.1. The molecule has 0 radical (unpaired) electrons. The van der Waals surface area contributed by atoms with Crippen LogP contribution >= 0.6 is 0 Å². The van der Waals surface area contributed by atoms with Gasteiger partial charge in [0.1, 0.15) is 11.3 Å². The summed E-state index contributed by atoms with van der Waals surface area (Å²) in [5, 5.41) is 12.0. The third kappa shape index (κ3) is 3.54. The number of benzene rings is 3. The van der Waals surface area contributed by atoms with Crippen LogP contribution < -0.4 is 5.32 Å². The van der Waals surface area contributed by atoms with E-state index in [1.807, 2.05) is 30.3 Å². The van der Waals surface area contributed by atoms with Gasteiger partial charge in [-0.1, -0.05) is 42.5 Å². The Morgan fingerprint density at radius 3 is 2.66 bits per heavy atom. The molecule has 4 aromatic rings. The van der Waals surface area contributed by atoms with Crippen molar-refractivity contribution in [2.75, 3.05) is 6.54 Å². The predicted octanol–water partition coefficient (Wildman–Crippen LogP) is 5.49. The zero-order valence-corrected chi connectivity index (χ0v) is 17.1. The number of halogens is 2. The molecule has 0 aliphatic heterocycles. The summed E-state index contributed by atoms with van der Waals surface area (Å²) in [7, 11) is 0. The number of carboxylic acid groups (broad SMARTS) is 1. The summed E-state index contributed by atoms with van der Waals surface area (Å²) in [5.74, 6) is -1.84. The molecule has 162 valence electrons. The molecule has 0 bridgehead atoms. The smallest absolute Gasteiger partial charge is 0.304 e. The van der Waals surface area contributed by atoms with Gasteiger partial charge in [0.2, 0.25) is 5.89 Å². The second kappa shape index (κ2) is 8.16. The Morgan fingerprint density at radius 1 is 1.09 bits per heavy atom. The van der Waals surface area contributed by atoms with Gasteiger partial charge in [0.05, 0.1) is 12.0 Å². The maximum atomic E-state index is 15.3. The highest BCUT2D eigenvalue weighted by Gasteiger charge is 2.29. The van der Waals surface area contributed by atoms with Crippen LogP contribution in [0.5, 0.6) is 0 Å². The van der Waals surface area contributed by atoms with E-state index >= 15 is 8.78 Å². The molecule has 0 fully saturated rings. The first kappa shape index (κ1) is 20.3. The molecule has 7 heteroatoms. The summed E-state index contributed by atoms with van der Waals surface area (Å²) < 4.78 is 36.2. The summed E-state index contributed by atoms with van der Waals surface area (Å²) in [5.41, 5.74) is 2.91. The number of hydrogen-bond acceptors (Lipinski definition) is 4. The predicted molar refractivity (Wildman–Crippen MR) is 116 cm³/mol. The lowest BCUT2D eigenvalue weighted by Crippen LogP contribution is -2.22. The summed E-state index contributed by atoms with van der Waals surface area (Å²) >= 11 is 0. The van der Waals surface area contributed by atoms with Crippen LogP contribution in [0.4, 0.5) is 8.78 Å². The van der Waals surface area contributed by atoms with Crippen LogP contribution in [-0.4, -0.2) is 22.6 Å². The number of aliphatic carboxylic acids is 1. The van der Waals surface area contributed by atoms with Gasteiger partial charge < -0.3 is 14.8 Å². The van der Waals surface area contributed by atoms with Crippen molar-refractivity contribution in [2.45, 2.75) is 25.3 Å². The number of nitrogens with one attached hydrogen (secondary N) is 1. The lowest BCUT2D eigenvalue weighted by atomic mass is 10.0. The van der Waals surface area contributed by atoms with Crippen LogP contribution in [-0.2, 0) is 11.2 Å². The second-order valence-corrected chi connectivity index (χ2v) is 7.85. The van der Waals surface area contributed by atoms with Crippen molar-refractivity contribution in [2.24, 2.45) is 0 Å². The first-order valence-corrected chi connectivity index (χ1v) is 10.4. The quantitative estimate of drug-likeness (QED) is 0.420. The molecule has 2 N–H and O–H groups in total. The van der Waals surface area contributed by atoms with Gasteiger partial charge in [-0.15, -0.1) is 0 Å². The Morgan fingerprint density at radius 2 is 1.88 bits per heavy atom. The van der Waals surface area contributed by atoms with Gasteiger partial charge in [0, 0.05) is 18.2 Å². The molecule has 0 spiro atoms. The molecule has 1 aromatic heterocycles. The van der Waals surface area contributed by atoms with E-state index in [0.29, 0.717) is 36.0 Å². The molecule has 1 heterocycles. The fourth-order valence-electron chi connectivity index (χ4n) is 4.31. The molecule has 0 saturated carbocycles. The van der Waals surface area contributed by atoms with Crippen molar-refractivity contribution in [1.29, 1.82) is 0 Å². The Bertz CT molecular complexity index is 1320. The molecule has 3 aromatic carbocycles. The number of oxazole rings is 1. The molecule has 0 amide bonds. The normalized spacial score (nSPS) is 15.2. The van der Waals surface area contributed by atoms with E-state index in [-0.39, 0.29) is 29.5 Å². The molecule has 1 unspecified atom stereocenters. The molecule has 1 aliphatic carbocycles. The van der Waals surface area contributed by atoms with Gasteiger partial charge in [0.25, 0.3) is 0 Å². The summed E-state index contributed by atoms with van der Waals surface area (Å²) in [6.45, 7) is 0.292. The lowest BCUT2D eigenvalue weighted by Gasteiger charge is -2.13. The molecule has 0 saturated heterocycles. The van der Waals surface area contributed by atoms with Gasteiger partial charge in [0.15, 0.2) is 11.4 Å². The highest BCUT2D eigenvalue weighted by molar-refractivity contribution is 5.80. The van der Waals surface area contributed by atoms with Crippen LogP contribution in [0.2, 0.25) is 0 Å². The van der Waals surface area contributed by atoms with Crippen molar-refractivity contribution in [1.82, 2.24) is 10.3 Å². The van der Waals surface area contributed by atoms with Crippen molar-refractivity contribution in [3.05, 3.63) is 77.4 Å². The van der Waals surface area contributed by atoms with Crippen LogP contribution in [0.3, 0.4) is 0 Å². The van der Waals surface area contributed by atoms with Crippen LogP contribution in [0.25, 0.3) is 33.7 Å². The number of carbonyl (C=O) groups is 1. The average molecular weight is 434 g/mol. The van der Waals surface area contributed by atoms with E-state index in [2.05, 4.69) is 10.3 Å². The second-order valence-electron chi connectivity index (χ2n) is 7.85. The number of aromatic nitrogens is 1. The minimum atomic E-state index is -0.891. The number of nitrogens with zero attached hydrogens (tertiary/aromatic N) is 1. The minimum Gasteiger partial charge on any atom is -0.481 e. The van der Waals surface area contributed by atoms with Crippen LogP contribution in [0.1, 0.15) is 30.0 Å². The Hall–Kier alpha value is -3.58. The van der Waals surface area contributed by atoms with Gasteiger partial charge in [-0.3, -0.25) is 4.79 Å². The topological polar surface area (TPSA) is 75.4 Å².